The summed E-state index contributed by atoms with van der Waals surface area (Å²) in [7, 11) is 0. The van der Waals surface area contributed by atoms with Gasteiger partial charge in [-0.3, -0.25) is 0 Å². The zero-order valence-corrected chi connectivity index (χ0v) is 40.4. The molecule has 0 N–H and O–H groups in total. The summed E-state index contributed by atoms with van der Waals surface area (Å²) in [6.45, 7) is 7.11. The van der Waals surface area contributed by atoms with Gasteiger partial charge in [0.15, 0.2) is 0 Å². The number of fused-ring (bicyclic) bond motifs is 2. The minimum atomic E-state index is -3.84. The molecule has 0 aliphatic heterocycles. The predicted octanol–water partition coefficient (Wildman–Crippen LogP) is 15.6. The largest absolute Gasteiger partial charge is 0.147 e. The van der Waals surface area contributed by atoms with E-state index in [0.717, 1.165) is 24.7 Å². The van der Waals surface area contributed by atoms with Crippen LogP contribution in [0.4, 0.5) is 0 Å². The van der Waals surface area contributed by atoms with Crippen molar-refractivity contribution in [3.8, 4) is 22.3 Å². The number of hydrogen-bond acceptors (Lipinski definition) is 0. The molecule has 4 aromatic rings. The van der Waals surface area contributed by atoms with Crippen LogP contribution in [0.2, 0.25) is 9.26 Å². The average Bonchev–Trinajstić information content (AvgIpc) is 3.50. The van der Waals surface area contributed by atoms with Gasteiger partial charge in [-0.05, 0) is 0 Å². The molecule has 2 fully saturated rings. The molecule has 4 aliphatic rings. The van der Waals surface area contributed by atoms with E-state index in [2.05, 4.69) is 127 Å². The molecule has 0 aromatic heterocycles. The van der Waals surface area contributed by atoms with E-state index in [4.69, 9.17) is 0 Å². The van der Waals surface area contributed by atoms with Gasteiger partial charge in [-0.1, -0.05) is 0 Å². The Hall–Kier alpha value is -1.96. The molecule has 0 nitrogen and oxygen atoms in total. The molecule has 0 heterocycles. The Bertz CT molecular complexity index is 1940. The van der Waals surface area contributed by atoms with Crippen LogP contribution in [-0.2, 0) is 30.2 Å². The number of hydrogen-bond donors (Lipinski definition) is 0. The molecule has 0 amide bonds. The summed E-state index contributed by atoms with van der Waals surface area (Å²) < 4.78 is 6.96. The SMILES string of the molecule is CCc1ccc(-c2cccc3c2C=C(CC2CCCCCC2)[CH]3[Zr]([CH3])([CH3])(=[SiH2])[CH]2C(CC3CCCCCC3)=Cc3c(-c4ccc(CC)cc4)cccc32)cc1.Cl.Cl. The minimum Gasteiger partial charge on any atom is -0.147 e. The molecule has 2 saturated carbocycles. The summed E-state index contributed by atoms with van der Waals surface area (Å²) in [4.78, 5) is 0. The van der Waals surface area contributed by atoms with E-state index in [1.165, 1.54) is 123 Å². The second-order valence-corrected chi connectivity index (χ2v) is 49.6. The molecule has 2 unspecified atom stereocenters. The molecule has 0 radical (unpaired) electrons. The fourth-order valence-electron chi connectivity index (χ4n) is 11.8. The first-order valence-corrected chi connectivity index (χ1v) is 35.8. The summed E-state index contributed by atoms with van der Waals surface area (Å²) >= 11 is -3.84. The van der Waals surface area contributed by atoms with Gasteiger partial charge >= 0.3 is 333 Å². The molecule has 0 saturated heterocycles. The van der Waals surface area contributed by atoms with E-state index in [1.54, 1.807) is 33.4 Å². The molecule has 4 aromatic carbocycles. The summed E-state index contributed by atoms with van der Waals surface area (Å²) in [5.74, 6) is 1.65. The number of halogens is 2. The minimum absolute atomic E-state index is 0. The summed E-state index contributed by atoms with van der Waals surface area (Å²) in [5.41, 5.74) is 18.5. The van der Waals surface area contributed by atoms with Gasteiger partial charge < -0.3 is 0 Å². The van der Waals surface area contributed by atoms with Crippen LogP contribution >= 0.6 is 24.8 Å². The second-order valence-electron chi connectivity index (χ2n) is 19.1. The quantitative estimate of drug-likeness (QED) is 0.110. The molecule has 298 valence electrons. The van der Waals surface area contributed by atoms with Gasteiger partial charge in [0.1, 0.15) is 0 Å². The Morgan fingerprint density at radius 3 is 1.20 bits per heavy atom. The summed E-state index contributed by atoms with van der Waals surface area (Å²) in [6.07, 6.45) is 27.3. The predicted molar refractivity (Wildman–Crippen MR) is 250 cm³/mol. The zero-order chi connectivity index (χ0) is 37.3. The number of allylic oxidation sites excluding steroid dienone is 2. The number of benzene rings is 4. The fraction of sp³-hybridized carbons (Fsp3) is 0.462. The molecule has 4 heteroatoms. The number of aryl methyl sites for hydroxylation is 2. The molecule has 0 bridgehead atoms. The number of rotatable bonds is 10. The van der Waals surface area contributed by atoms with Gasteiger partial charge in [-0.15, -0.1) is 24.8 Å². The molecule has 4 aliphatic carbocycles. The third-order valence-electron chi connectivity index (χ3n) is 14.5. The third-order valence-corrected chi connectivity index (χ3v) is 32.0. The summed E-state index contributed by atoms with van der Waals surface area (Å²) in [6, 6.07) is 33.8. The van der Waals surface area contributed by atoms with Crippen molar-refractivity contribution in [2.45, 2.75) is 133 Å². The van der Waals surface area contributed by atoms with Gasteiger partial charge in [-0.25, -0.2) is 0 Å². The maximum Gasteiger partial charge on any atom is -0.147 e. The normalized spacial score (nSPS) is 20.4. The van der Waals surface area contributed by atoms with Crippen LogP contribution in [0, 0.1) is 11.8 Å². The Balaban J connectivity index is 0.00000266. The van der Waals surface area contributed by atoms with Crippen LogP contribution < -0.4 is 0 Å². The maximum atomic E-state index is 2.91. The van der Waals surface area contributed by atoms with Crippen LogP contribution in [0.1, 0.15) is 144 Å². The molecule has 2 atom stereocenters. The van der Waals surface area contributed by atoms with Gasteiger partial charge in [0.05, 0.1) is 0 Å². The third kappa shape index (κ3) is 8.81. The van der Waals surface area contributed by atoms with E-state index in [0.29, 0.717) is 7.25 Å². The van der Waals surface area contributed by atoms with Crippen LogP contribution in [0.15, 0.2) is 96.1 Å². The second kappa shape index (κ2) is 18.5. The van der Waals surface area contributed by atoms with Gasteiger partial charge in [0, 0.05) is 0 Å². The van der Waals surface area contributed by atoms with Gasteiger partial charge in [0.25, 0.3) is 0 Å². The van der Waals surface area contributed by atoms with Crippen LogP contribution in [-0.4, -0.2) is 6.88 Å². The zero-order valence-electron chi connectivity index (χ0n) is 34.9. The Morgan fingerprint density at radius 1 is 0.500 bits per heavy atom. The van der Waals surface area contributed by atoms with E-state index in [9.17, 15) is 0 Å². The summed E-state index contributed by atoms with van der Waals surface area (Å²) in [5, 5.41) is 0. The maximum absolute atomic E-state index is 3.84. The monoisotopic (exact) mass is 880 g/mol. The van der Waals surface area contributed by atoms with Gasteiger partial charge in [-0.2, -0.15) is 0 Å². The van der Waals surface area contributed by atoms with Crippen molar-refractivity contribution in [1.29, 1.82) is 0 Å². The molecular formula is C52H68Cl2SiZr. The molecular weight excluding hydrogens is 815 g/mol. The topological polar surface area (TPSA) is 0 Å². The fourth-order valence-corrected chi connectivity index (χ4v) is 31.6. The van der Waals surface area contributed by atoms with Crippen LogP contribution in [0.3, 0.4) is 0 Å². The van der Waals surface area contributed by atoms with Crippen LogP contribution in [0.5, 0.6) is 0 Å². The molecule has 0 spiro atoms. The van der Waals surface area contributed by atoms with E-state index < -0.39 is 17.4 Å². The van der Waals surface area contributed by atoms with Crippen molar-refractivity contribution in [2.75, 3.05) is 0 Å². The first-order chi connectivity index (χ1) is 26.2. The van der Waals surface area contributed by atoms with Crippen molar-refractivity contribution >= 4 is 43.8 Å². The first-order valence-electron chi connectivity index (χ1n) is 22.1. The Labute approximate surface area is 355 Å². The Morgan fingerprint density at radius 2 is 0.857 bits per heavy atom. The molecule has 56 heavy (non-hydrogen) atoms. The first kappa shape index (κ1) is 43.6. The standard InChI is InChI=1S/2C25H29.2CH3.2ClH.H2Si.Zr/c2*1-2-19-12-14-22(15-13-19)24-11-7-10-23-17-21(18-25(23)24)16-20-8-5-3-4-6-9-20;;;;;;/h2*7,10-15,17-18,20H,2-6,8-9,16H2,1H3;2*1H3;2*1H;1H2;. The average molecular weight is 883 g/mol. The van der Waals surface area contributed by atoms with Crippen molar-refractivity contribution in [3.63, 3.8) is 0 Å². The van der Waals surface area contributed by atoms with Crippen molar-refractivity contribution in [1.82, 2.24) is 0 Å². The molecule has 8 rings (SSSR count). The van der Waals surface area contributed by atoms with E-state index in [1.807, 2.05) is 0 Å². The van der Waals surface area contributed by atoms with E-state index in [-0.39, 0.29) is 24.8 Å². The van der Waals surface area contributed by atoms with Crippen molar-refractivity contribution in [2.24, 2.45) is 11.8 Å². The van der Waals surface area contributed by atoms with Crippen molar-refractivity contribution in [3.05, 3.63) is 129 Å². The van der Waals surface area contributed by atoms with Gasteiger partial charge in [0.2, 0.25) is 0 Å². The van der Waals surface area contributed by atoms with E-state index >= 15 is 0 Å². The smallest absolute Gasteiger partial charge is 0.147 e. The van der Waals surface area contributed by atoms with Crippen LogP contribution in [0.25, 0.3) is 34.4 Å². The van der Waals surface area contributed by atoms with Crippen molar-refractivity contribution < 1.29 is 17.4 Å². The Kier molecular flexibility index (Phi) is 14.4.